The van der Waals surface area contributed by atoms with Crippen molar-refractivity contribution >= 4 is 11.6 Å². The molecule has 0 atom stereocenters. The molecule has 0 spiro atoms. The number of aromatic nitrogens is 8. The molecule has 0 aromatic carbocycles. The van der Waals surface area contributed by atoms with Crippen LogP contribution in [0.5, 0.6) is 0 Å². The molecular weight excluding hydrogens is 220 g/mol. The maximum atomic E-state index is 11.1. The van der Waals surface area contributed by atoms with Gasteiger partial charge in [-0.1, -0.05) is 5.10 Å². The Morgan fingerprint density at radius 1 is 1.19 bits per heavy atom. The Hall–Kier alpha value is -2.60. The lowest BCUT2D eigenvalue weighted by Crippen LogP contribution is -2.22. The molecule has 3 heterocycles. The zero-order chi connectivity index (χ0) is 11.0. The summed E-state index contributed by atoms with van der Waals surface area (Å²) in [6.07, 6.45) is 1.11. The van der Waals surface area contributed by atoms with Gasteiger partial charge in [-0.2, -0.15) is 20.4 Å². The van der Waals surface area contributed by atoms with Crippen LogP contribution in [0.25, 0.3) is 5.70 Å². The van der Waals surface area contributed by atoms with Crippen LogP contribution >= 0.6 is 0 Å². The third-order valence-electron chi connectivity index (χ3n) is 1.70. The normalized spacial score (nSPS) is 15.7. The van der Waals surface area contributed by atoms with E-state index in [1.807, 2.05) is 0 Å². The van der Waals surface area contributed by atoms with Crippen molar-refractivity contribution in [1.29, 1.82) is 0 Å². The van der Waals surface area contributed by atoms with Gasteiger partial charge in [0.05, 0.1) is 0 Å². The van der Waals surface area contributed by atoms with Crippen LogP contribution in [0.1, 0.15) is 5.82 Å². The first-order chi connectivity index (χ1) is 7.84. The van der Waals surface area contributed by atoms with E-state index in [9.17, 15) is 5.21 Å². The number of H-pyrrole nitrogens is 2. The maximum Gasteiger partial charge on any atom is 0.296 e. The highest BCUT2D eigenvalue weighted by atomic mass is 17.0. The Kier molecular flexibility index (Phi) is 1.74. The summed E-state index contributed by atoms with van der Waals surface area (Å²) in [5.74, 6) is 0.220. The summed E-state index contributed by atoms with van der Waals surface area (Å²) in [6, 6.07) is 0. The molecule has 0 aliphatic carbocycles. The summed E-state index contributed by atoms with van der Waals surface area (Å²) in [5, 5.41) is 38.2. The van der Waals surface area contributed by atoms with Gasteiger partial charge in [-0.25, -0.2) is 0 Å². The molecular formula is C4H3N10O2-. The molecule has 0 saturated carbocycles. The highest BCUT2D eigenvalue weighted by Gasteiger charge is 2.27. The Morgan fingerprint density at radius 2 is 2.00 bits per heavy atom. The van der Waals surface area contributed by atoms with E-state index >= 15 is 0 Å². The lowest BCUT2D eigenvalue weighted by molar-refractivity contribution is -0.0650. The second-order valence-corrected chi connectivity index (χ2v) is 2.62. The highest BCUT2D eigenvalue weighted by Crippen LogP contribution is 2.26. The predicted octanol–water partition coefficient (Wildman–Crippen LogP) is -1.82. The van der Waals surface area contributed by atoms with Gasteiger partial charge >= 0.3 is 0 Å². The number of nitrogens with zero attached hydrogens (tertiary/aromatic N) is 8. The van der Waals surface area contributed by atoms with Crippen LogP contribution in [-0.4, -0.2) is 46.5 Å². The monoisotopic (exact) mass is 223 g/mol. The molecule has 1 aliphatic rings. The quantitative estimate of drug-likeness (QED) is 0.595. The summed E-state index contributed by atoms with van der Waals surface area (Å²) >= 11 is 0. The standard InChI is InChI=1S/C4H3N10O2/c15-13-1-2(3-5-9-10-6-3)14(16-13)4-7-11-12-8-4/h1H,(H,5,6,9,10)(H,7,8,11,12)/q-1. The van der Waals surface area contributed by atoms with Crippen LogP contribution in [0.15, 0.2) is 6.20 Å². The molecule has 1 aliphatic heterocycles. The molecule has 12 nitrogen and oxygen atoms in total. The first-order valence-corrected chi connectivity index (χ1v) is 3.98. The fraction of sp³-hybridized carbons (Fsp3) is 0. The molecule has 0 bridgehead atoms. The molecule has 2 aromatic rings. The Morgan fingerprint density at radius 3 is 2.69 bits per heavy atom. The van der Waals surface area contributed by atoms with E-state index in [4.69, 9.17) is 4.94 Å². The Balaban J connectivity index is 1.99. The average molecular weight is 223 g/mol. The van der Waals surface area contributed by atoms with E-state index in [1.54, 1.807) is 0 Å². The molecule has 0 unspecified atom stereocenters. The van der Waals surface area contributed by atoms with Crippen LogP contribution < -0.4 is 5.06 Å². The van der Waals surface area contributed by atoms with Crippen LogP contribution in [0, 0.1) is 5.21 Å². The number of nitrogens with one attached hydrogen (secondary N) is 2. The molecule has 0 amide bonds. The minimum absolute atomic E-state index is 0.0504. The fourth-order valence-electron chi connectivity index (χ4n) is 1.11. The van der Waals surface area contributed by atoms with Crippen LogP contribution in [0.4, 0.5) is 5.95 Å². The van der Waals surface area contributed by atoms with Gasteiger partial charge < -0.3 is 5.21 Å². The molecule has 0 fully saturated rings. The second kappa shape index (κ2) is 3.21. The summed E-state index contributed by atoms with van der Waals surface area (Å²) in [6.45, 7) is 0. The smallest absolute Gasteiger partial charge is 0.296 e. The van der Waals surface area contributed by atoms with E-state index in [2.05, 4.69) is 41.2 Å². The van der Waals surface area contributed by atoms with Gasteiger partial charge in [0.2, 0.25) is 5.82 Å². The van der Waals surface area contributed by atoms with Gasteiger partial charge in [0.1, 0.15) is 5.70 Å². The van der Waals surface area contributed by atoms with Gasteiger partial charge in [0.15, 0.2) is 0 Å². The SMILES string of the molecule is [O-]N1C=C(c2nn[nH]n2)N(c2nn[nH]n2)O1. The number of aromatic amines is 2. The zero-order valence-corrected chi connectivity index (χ0v) is 7.47. The molecule has 0 radical (unpaired) electrons. The number of rotatable bonds is 2. The molecule has 82 valence electrons. The Bertz CT molecular complexity index is 489. The fourth-order valence-corrected chi connectivity index (χ4v) is 1.11. The van der Waals surface area contributed by atoms with E-state index in [1.165, 1.54) is 0 Å². The van der Waals surface area contributed by atoms with Crippen molar-refractivity contribution in [3.63, 3.8) is 0 Å². The first kappa shape index (κ1) is 8.69. The van der Waals surface area contributed by atoms with Crippen molar-refractivity contribution in [2.45, 2.75) is 0 Å². The van der Waals surface area contributed by atoms with Crippen LogP contribution in [0.2, 0.25) is 0 Å². The molecule has 12 heteroatoms. The van der Waals surface area contributed by atoms with Crippen molar-refractivity contribution in [1.82, 2.24) is 46.5 Å². The molecule has 3 rings (SSSR count). The summed E-state index contributed by atoms with van der Waals surface area (Å²) < 4.78 is 0. The van der Waals surface area contributed by atoms with Crippen molar-refractivity contribution < 1.29 is 4.94 Å². The van der Waals surface area contributed by atoms with Gasteiger partial charge in [0.25, 0.3) is 5.95 Å². The van der Waals surface area contributed by atoms with E-state index in [0.29, 0.717) is 0 Å². The number of hydrogen-bond acceptors (Lipinski definition) is 10. The summed E-state index contributed by atoms with van der Waals surface area (Å²) in [5.41, 5.74) is 0.241. The lowest BCUT2D eigenvalue weighted by atomic mass is 10.4. The molecule has 0 saturated heterocycles. The molecule has 2 N–H and O–H groups in total. The number of hydrogen-bond donors (Lipinski definition) is 2. The average Bonchev–Trinajstić information content (AvgIpc) is 2.98. The third kappa shape index (κ3) is 1.25. The predicted molar refractivity (Wildman–Crippen MR) is 45.1 cm³/mol. The van der Waals surface area contributed by atoms with Gasteiger partial charge in [-0.15, -0.1) is 15.3 Å². The lowest BCUT2D eigenvalue weighted by Gasteiger charge is -2.20. The molecule has 16 heavy (non-hydrogen) atoms. The van der Waals surface area contributed by atoms with Crippen molar-refractivity contribution in [2.75, 3.05) is 5.06 Å². The largest absolute Gasteiger partial charge is 0.732 e. The topological polar surface area (TPSA) is 148 Å². The maximum absolute atomic E-state index is 11.1. The minimum atomic E-state index is 0.0504. The summed E-state index contributed by atoms with van der Waals surface area (Å²) in [7, 11) is 0. The number of tetrazole rings is 2. The van der Waals surface area contributed by atoms with Crippen LogP contribution in [0.3, 0.4) is 0 Å². The minimum Gasteiger partial charge on any atom is -0.732 e. The van der Waals surface area contributed by atoms with E-state index in [0.717, 1.165) is 11.3 Å². The van der Waals surface area contributed by atoms with E-state index in [-0.39, 0.29) is 22.7 Å². The third-order valence-corrected chi connectivity index (χ3v) is 1.70. The number of hydroxylamine groups is 3. The van der Waals surface area contributed by atoms with Crippen molar-refractivity contribution in [2.24, 2.45) is 0 Å². The van der Waals surface area contributed by atoms with E-state index < -0.39 is 0 Å². The van der Waals surface area contributed by atoms with Crippen molar-refractivity contribution in [3.05, 3.63) is 17.2 Å². The molecule has 2 aromatic heterocycles. The zero-order valence-electron chi connectivity index (χ0n) is 7.47. The van der Waals surface area contributed by atoms with Gasteiger partial charge in [-0.3, -0.25) is 5.23 Å². The van der Waals surface area contributed by atoms with Gasteiger partial charge in [-0.05, 0) is 10.4 Å². The number of anilines is 1. The highest BCUT2D eigenvalue weighted by molar-refractivity contribution is 5.71. The van der Waals surface area contributed by atoms with Gasteiger partial charge in [0, 0.05) is 6.20 Å². The van der Waals surface area contributed by atoms with Crippen LogP contribution in [-0.2, 0) is 4.94 Å². The second-order valence-electron chi connectivity index (χ2n) is 2.62. The van der Waals surface area contributed by atoms with Crippen molar-refractivity contribution in [3.8, 4) is 0 Å². The first-order valence-electron chi connectivity index (χ1n) is 3.98. The summed E-state index contributed by atoms with van der Waals surface area (Å²) in [4.78, 5) is 4.75. The Labute approximate surface area is 86.4 Å².